The number of quaternary nitrogens is 1. The molecule has 0 fully saturated rings. The minimum atomic E-state index is -2.10. The summed E-state index contributed by atoms with van der Waals surface area (Å²) in [5, 5.41) is 8.97. The van der Waals surface area contributed by atoms with Crippen LogP contribution >= 0.6 is 8.60 Å². The summed E-state index contributed by atoms with van der Waals surface area (Å²) < 4.78 is 16.7. The van der Waals surface area contributed by atoms with Gasteiger partial charge in [-0.3, -0.25) is 4.79 Å². The van der Waals surface area contributed by atoms with Crippen molar-refractivity contribution in [1.82, 2.24) is 0 Å². The van der Waals surface area contributed by atoms with Gasteiger partial charge < -0.3 is 28.3 Å². The van der Waals surface area contributed by atoms with Crippen LogP contribution in [0.1, 0.15) is 71.1 Å². The van der Waals surface area contributed by atoms with Gasteiger partial charge in [0.15, 0.2) is 0 Å². The van der Waals surface area contributed by atoms with Crippen LogP contribution in [0, 0.1) is 0 Å². The number of rotatable bonds is 20. The van der Waals surface area contributed by atoms with Gasteiger partial charge in [-0.1, -0.05) is 58.3 Å². The Morgan fingerprint density at radius 1 is 0.929 bits per heavy atom. The SMILES string of the molecule is CCCCCCCCCCCOCCO[P@@](O)OC(CC(=O)O)C[N+](C)(C)C. The predicted octanol–water partition coefficient (Wildman–Crippen LogP) is 4.34. The molecule has 0 aromatic carbocycles. The summed E-state index contributed by atoms with van der Waals surface area (Å²) in [7, 11) is 3.73. The van der Waals surface area contributed by atoms with E-state index in [0.717, 1.165) is 6.42 Å². The van der Waals surface area contributed by atoms with Crippen molar-refractivity contribution < 1.29 is 33.1 Å². The van der Waals surface area contributed by atoms with Gasteiger partial charge in [-0.15, -0.1) is 0 Å². The molecule has 0 aromatic heterocycles. The molecule has 168 valence electrons. The standard InChI is InChI=1S/C20H42NO6P/c1-5-6-7-8-9-10-11-12-13-14-25-15-16-26-28(24)27-19(17-20(22)23)18-21(2,3)4/h19,24H,5-18H2,1-4H3/p+1/t19?,28-/m1/s1. The molecule has 2 atom stereocenters. The van der Waals surface area contributed by atoms with Crippen LogP contribution < -0.4 is 0 Å². The number of nitrogens with zero attached hydrogens (tertiary/aromatic N) is 1. The van der Waals surface area contributed by atoms with Gasteiger partial charge in [-0.2, -0.15) is 0 Å². The molecule has 0 aliphatic rings. The summed E-state index contributed by atoms with van der Waals surface area (Å²) in [5.74, 6) is -0.953. The Kier molecular flexibility index (Phi) is 17.4. The number of aliphatic carboxylic acids is 1. The van der Waals surface area contributed by atoms with Crippen molar-refractivity contribution in [3.63, 3.8) is 0 Å². The normalized spacial score (nSPS) is 14.2. The van der Waals surface area contributed by atoms with Gasteiger partial charge in [0, 0.05) is 6.61 Å². The number of hydrogen-bond acceptors (Lipinski definition) is 5. The summed E-state index contributed by atoms with van der Waals surface area (Å²) in [6, 6.07) is 0. The lowest BCUT2D eigenvalue weighted by atomic mass is 10.1. The molecule has 0 amide bonds. The second kappa shape index (κ2) is 17.5. The topological polar surface area (TPSA) is 85.2 Å². The third-order valence-electron chi connectivity index (χ3n) is 4.21. The van der Waals surface area contributed by atoms with Gasteiger partial charge in [0.25, 0.3) is 0 Å². The molecule has 0 saturated carbocycles. The van der Waals surface area contributed by atoms with Crippen molar-refractivity contribution in [3.8, 4) is 0 Å². The van der Waals surface area contributed by atoms with Crippen LogP contribution in [-0.2, 0) is 18.6 Å². The molecule has 0 saturated heterocycles. The molecule has 1 unspecified atom stereocenters. The zero-order valence-corrected chi connectivity index (χ0v) is 19.3. The third-order valence-corrected chi connectivity index (χ3v) is 5.10. The molecular weight excluding hydrogens is 381 g/mol. The van der Waals surface area contributed by atoms with Crippen molar-refractivity contribution in [1.29, 1.82) is 0 Å². The van der Waals surface area contributed by atoms with Gasteiger partial charge in [-0.25, -0.2) is 0 Å². The monoisotopic (exact) mass is 424 g/mol. The highest BCUT2D eigenvalue weighted by molar-refractivity contribution is 7.40. The molecule has 28 heavy (non-hydrogen) atoms. The maximum absolute atomic E-state index is 10.9. The number of ether oxygens (including phenoxy) is 1. The molecule has 0 rings (SSSR count). The molecule has 2 N–H and O–H groups in total. The number of carboxylic acid groups (broad SMARTS) is 1. The Morgan fingerprint density at radius 2 is 1.50 bits per heavy atom. The van der Waals surface area contributed by atoms with Crippen LogP contribution in [0.25, 0.3) is 0 Å². The average Bonchev–Trinajstić information content (AvgIpc) is 2.56. The minimum Gasteiger partial charge on any atom is -0.481 e. The highest BCUT2D eigenvalue weighted by Crippen LogP contribution is 2.35. The fourth-order valence-electron chi connectivity index (χ4n) is 2.89. The maximum Gasteiger partial charge on any atom is 0.330 e. The first-order valence-electron chi connectivity index (χ1n) is 10.6. The first-order chi connectivity index (χ1) is 13.2. The van der Waals surface area contributed by atoms with Gasteiger partial charge in [-0.05, 0) is 6.42 Å². The lowest BCUT2D eigenvalue weighted by molar-refractivity contribution is -0.873. The molecule has 0 aromatic rings. The van der Waals surface area contributed by atoms with E-state index in [1.807, 2.05) is 21.1 Å². The van der Waals surface area contributed by atoms with Gasteiger partial charge in [0.05, 0.1) is 40.8 Å². The molecular formula is C20H43NO6P+. The number of carboxylic acids is 1. The third kappa shape index (κ3) is 20.4. The molecule has 0 radical (unpaired) electrons. The van der Waals surface area contributed by atoms with E-state index in [0.29, 0.717) is 24.2 Å². The van der Waals surface area contributed by atoms with E-state index in [-0.39, 0.29) is 13.0 Å². The molecule has 0 aliphatic heterocycles. The zero-order chi connectivity index (χ0) is 21.3. The number of carbonyl (C=O) groups is 1. The Morgan fingerprint density at radius 3 is 2.04 bits per heavy atom. The van der Waals surface area contributed by atoms with E-state index in [2.05, 4.69) is 6.92 Å². The Balaban J connectivity index is 3.61. The van der Waals surface area contributed by atoms with E-state index in [9.17, 15) is 9.69 Å². The lowest BCUT2D eigenvalue weighted by Gasteiger charge is -2.29. The molecule has 0 bridgehead atoms. The van der Waals surface area contributed by atoms with Gasteiger partial charge >= 0.3 is 14.6 Å². The largest absolute Gasteiger partial charge is 0.481 e. The van der Waals surface area contributed by atoms with Crippen LogP contribution in [0.2, 0.25) is 0 Å². The first kappa shape index (κ1) is 27.7. The van der Waals surface area contributed by atoms with Gasteiger partial charge in [0.2, 0.25) is 0 Å². The molecule has 0 heterocycles. The van der Waals surface area contributed by atoms with Crippen LogP contribution in [-0.4, -0.2) is 74.1 Å². The van der Waals surface area contributed by atoms with Crippen LogP contribution in [0.15, 0.2) is 0 Å². The maximum atomic E-state index is 10.9. The van der Waals surface area contributed by atoms with Crippen molar-refractivity contribution in [2.75, 3.05) is 47.5 Å². The number of unbranched alkanes of at least 4 members (excludes halogenated alkanes) is 8. The highest BCUT2D eigenvalue weighted by atomic mass is 31.2. The van der Waals surface area contributed by atoms with Crippen LogP contribution in [0.4, 0.5) is 0 Å². The number of likely N-dealkylation sites (N-methyl/N-ethyl adjacent to an activating group) is 1. The fourth-order valence-corrected chi connectivity index (χ4v) is 3.58. The number of hydrogen-bond donors (Lipinski definition) is 2. The Bertz CT molecular complexity index is 378. The molecule has 8 heteroatoms. The summed E-state index contributed by atoms with van der Waals surface area (Å²) in [5.41, 5.74) is 0. The minimum absolute atomic E-state index is 0.159. The van der Waals surface area contributed by atoms with Crippen molar-refractivity contribution in [2.45, 2.75) is 77.2 Å². The van der Waals surface area contributed by atoms with Crippen LogP contribution in [0.5, 0.6) is 0 Å². The fraction of sp³-hybridized carbons (Fsp3) is 0.950. The first-order valence-corrected chi connectivity index (χ1v) is 11.8. The van der Waals surface area contributed by atoms with Crippen LogP contribution in [0.3, 0.4) is 0 Å². The Labute approximate surface area is 172 Å². The van der Waals surface area contributed by atoms with E-state index in [1.165, 1.54) is 51.4 Å². The second-order valence-corrected chi connectivity index (χ2v) is 9.25. The van der Waals surface area contributed by atoms with Crippen molar-refractivity contribution in [2.24, 2.45) is 0 Å². The summed E-state index contributed by atoms with van der Waals surface area (Å²) in [6.45, 7) is 4.06. The average molecular weight is 425 g/mol. The van der Waals surface area contributed by atoms with E-state index >= 15 is 0 Å². The van der Waals surface area contributed by atoms with Gasteiger partial charge in [0.1, 0.15) is 12.6 Å². The quantitative estimate of drug-likeness (QED) is 0.172. The van der Waals surface area contributed by atoms with E-state index in [1.54, 1.807) is 0 Å². The summed E-state index contributed by atoms with van der Waals surface area (Å²) >= 11 is 0. The molecule has 0 spiro atoms. The van der Waals surface area contributed by atoms with E-state index < -0.39 is 20.7 Å². The van der Waals surface area contributed by atoms with E-state index in [4.69, 9.17) is 18.9 Å². The van der Waals surface area contributed by atoms with Crippen molar-refractivity contribution in [3.05, 3.63) is 0 Å². The molecule has 7 nitrogen and oxygen atoms in total. The molecule has 0 aliphatic carbocycles. The Hall–Kier alpha value is -0.300. The second-order valence-electron chi connectivity index (χ2n) is 8.31. The summed E-state index contributed by atoms with van der Waals surface area (Å²) in [4.78, 5) is 20.8. The smallest absolute Gasteiger partial charge is 0.330 e. The highest BCUT2D eigenvalue weighted by Gasteiger charge is 2.25. The lowest BCUT2D eigenvalue weighted by Crippen LogP contribution is -2.42. The predicted molar refractivity (Wildman–Crippen MR) is 113 cm³/mol. The zero-order valence-electron chi connectivity index (χ0n) is 18.4. The van der Waals surface area contributed by atoms with Crippen molar-refractivity contribution >= 4 is 14.6 Å². The summed E-state index contributed by atoms with van der Waals surface area (Å²) in [6.07, 6.45) is 10.8.